The van der Waals surface area contributed by atoms with Crippen LogP contribution in [0.2, 0.25) is 0 Å². The highest BCUT2D eigenvalue weighted by atomic mass is 14.5. The van der Waals surface area contributed by atoms with E-state index in [9.17, 15) is 0 Å². The van der Waals surface area contributed by atoms with E-state index in [2.05, 4.69) is 5.87 Å². The van der Waals surface area contributed by atoms with Gasteiger partial charge in [0.2, 0.25) is 0 Å². The Balaban J connectivity index is 3.00. The maximum Gasteiger partial charge on any atom is 0.0178 e. The minimum atomic E-state index is 0.541. The molecule has 0 amide bonds. The summed E-state index contributed by atoms with van der Waals surface area (Å²) in [5.74, 6) is 2.22. The lowest BCUT2D eigenvalue weighted by Gasteiger charge is -1.96. The lowest BCUT2D eigenvalue weighted by Crippen LogP contribution is -1.95. The van der Waals surface area contributed by atoms with Gasteiger partial charge in [0.25, 0.3) is 0 Å². The second-order valence-corrected chi connectivity index (χ2v) is 2.24. The summed E-state index contributed by atoms with van der Waals surface area (Å²) in [6, 6.07) is 7.74. The average molecular weight is 146 g/mol. The predicted octanol–water partition coefficient (Wildman–Crippen LogP) is 1.41. The zero-order chi connectivity index (χ0) is 8.10. The van der Waals surface area contributed by atoms with Crippen LogP contribution in [0, 0.1) is 5.41 Å². The van der Waals surface area contributed by atoms with Gasteiger partial charge < -0.3 is 5.73 Å². The predicted molar refractivity (Wildman–Crippen MR) is 46.5 cm³/mol. The van der Waals surface area contributed by atoms with Gasteiger partial charge in [-0.1, -0.05) is 18.2 Å². The van der Waals surface area contributed by atoms with E-state index in [0.29, 0.717) is 6.54 Å². The van der Waals surface area contributed by atoms with Crippen molar-refractivity contribution in [3.8, 4) is 0 Å². The highest BCUT2D eigenvalue weighted by Crippen LogP contribution is 2.04. The van der Waals surface area contributed by atoms with Crippen LogP contribution in [0.4, 0.5) is 0 Å². The van der Waals surface area contributed by atoms with Crippen molar-refractivity contribution in [1.82, 2.24) is 0 Å². The van der Waals surface area contributed by atoms with Crippen molar-refractivity contribution in [2.45, 2.75) is 6.54 Å². The molecule has 56 valence electrons. The molecular formula is C9H10N2. The molecule has 0 aliphatic rings. The third kappa shape index (κ3) is 2.04. The first-order valence-electron chi connectivity index (χ1n) is 3.41. The monoisotopic (exact) mass is 146 g/mol. The molecule has 0 spiro atoms. The van der Waals surface area contributed by atoms with Gasteiger partial charge in [-0.2, -0.15) is 0 Å². The van der Waals surface area contributed by atoms with Gasteiger partial charge in [-0.05, 0) is 23.1 Å². The molecule has 0 aliphatic carbocycles. The van der Waals surface area contributed by atoms with Gasteiger partial charge in [-0.15, -0.1) is 0 Å². The highest BCUT2D eigenvalue weighted by Gasteiger charge is 1.88. The van der Waals surface area contributed by atoms with Crippen LogP contribution in [0.5, 0.6) is 0 Å². The summed E-state index contributed by atoms with van der Waals surface area (Å²) in [6.45, 7) is 0.541. The van der Waals surface area contributed by atoms with Gasteiger partial charge in [0.15, 0.2) is 0 Å². The number of hydrogen-bond acceptors (Lipinski definition) is 2. The van der Waals surface area contributed by atoms with Crippen molar-refractivity contribution in [1.29, 1.82) is 5.41 Å². The Morgan fingerprint density at radius 3 is 3.00 bits per heavy atom. The van der Waals surface area contributed by atoms with E-state index in [4.69, 9.17) is 11.1 Å². The summed E-state index contributed by atoms with van der Waals surface area (Å²) in [7, 11) is 0. The number of rotatable bonds is 2. The van der Waals surface area contributed by atoms with E-state index < -0.39 is 0 Å². The van der Waals surface area contributed by atoms with E-state index in [1.165, 1.54) is 0 Å². The van der Waals surface area contributed by atoms with Crippen LogP contribution in [-0.4, -0.2) is 5.87 Å². The van der Waals surface area contributed by atoms with Crippen molar-refractivity contribution in [2.75, 3.05) is 0 Å². The molecule has 2 nitrogen and oxygen atoms in total. The lowest BCUT2D eigenvalue weighted by atomic mass is 10.1. The first kappa shape index (κ1) is 7.73. The Morgan fingerprint density at radius 1 is 1.55 bits per heavy atom. The average Bonchev–Trinajstić information content (AvgIpc) is 2.06. The summed E-state index contributed by atoms with van der Waals surface area (Å²) in [6.07, 6.45) is 1.61. The van der Waals surface area contributed by atoms with Gasteiger partial charge in [0, 0.05) is 12.6 Å². The van der Waals surface area contributed by atoms with Gasteiger partial charge in [-0.25, -0.2) is 0 Å². The molecule has 1 aromatic rings. The van der Waals surface area contributed by atoms with Crippen molar-refractivity contribution < 1.29 is 0 Å². The third-order valence-corrected chi connectivity index (χ3v) is 1.43. The molecule has 3 N–H and O–H groups in total. The molecule has 0 heterocycles. The molecular weight excluding hydrogens is 136 g/mol. The van der Waals surface area contributed by atoms with Crippen molar-refractivity contribution in [3.05, 3.63) is 35.4 Å². The third-order valence-electron chi connectivity index (χ3n) is 1.43. The zero-order valence-corrected chi connectivity index (χ0v) is 6.17. The van der Waals surface area contributed by atoms with Crippen LogP contribution in [0.1, 0.15) is 11.1 Å². The van der Waals surface area contributed by atoms with Crippen molar-refractivity contribution in [2.24, 2.45) is 5.73 Å². The van der Waals surface area contributed by atoms with Crippen molar-refractivity contribution in [3.63, 3.8) is 0 Å². The fraction of sp³-hybridized carbons (Fsp3) is 0.111. The number of benzene rings is 1. The fourth-order valence-corrected chi connectivity index (χ4v) is 0.893. The van der Waals surface area contributed by atoms with Crippen LogP contribution in [0.25, 0.3) is 6.08 Å². The molecule has 0 saturated carbocycles. The zero-order valence-electron chi connectivity index (χ0n) is 6.17. The summed E-state index contributed by atoms with van der Waals surface area (Å²) >= 11 is 0. The molecule has 0 bridgehead atoms. The first-order valence-corrected chi connectivity index (χ1v) is 3.41. The smallest absolute Gasteiger partial charge is 0.0178 e. The van der Waals surface area contributed by atoms with Crippen LogP contribution < -0.4 is 5.73 Å². The van der Waals surface area contributed by atoms with E-state index in [1.54, 1.807) is 6.08 Å². The Hall–Kier alpha value is -1.37. The summed E-state index contributed by atoms with van der Waals surface area (Å²) in [4.78, 5) is 0. The van der Waals surface area contributed by atoms with Gasteiger partial charge in [0.1, 0.15) is 0 Å². The minimum absolute atomic E-state index is 0.541. The fourth-order valence-electron chi connectivity index (χ4n) is 0.893. The number of hydrogen-bond donors (Lipinski definition) is 2. The first-order chi connectivity index (χ1) is 5.36. The molecule has 0 unspecified atom stereocenters. The molecule has 2 heteroatoms. The van der Waals surface area contributed by atoms with E-state index in [1.807, 2.05) is 24.3 Å². The van der Waals surface area contributed by atoms with Crippen LogP contribution in [-0.2, 0) is 6.54 Å². The molecule has 0 aromatic heterocycles. The van der Waals surface area contributed by atoms with Crippen LogP contribution >= 0.6 is 0 Å². The Bertz CT molecular complexity index is 285. The topological polar surface area (TPSA) is 49.9 Å². The number of nitrogens with two attached hydrogens (primary N) is 1. The molecule has 1 aromatic carbocycles. The Labute approximate surface area is 65.9 Å². The van der Waals surface area contributed by atoms with E-state index >= 15 is 0 Å². The van der Waals surface area contributed by atoms with Gasteiger partial charge in [0.05, 0.1) is 0 Å². The SMILES string of the molecule is N=C=Cc1cccc(CN)c1. The molecule has 11 heavy (non-hydrogen) atoms. The lowest BCUT2D eigenvalue weighted by molar-refractivity contribution is 1.07. The van der Waals surface area contributed by atoms with Crippen LogP contribution in [0.3, 0.4) is 0 Å². The van der Waals surface area contributed by atoms with Gasteiger partial charge >= 0.3 is 0 Å². The van der Waals surface area contributed by atoms with E-state index in [-0.39, 0.29) is 0 Å². The van der Waals surface area contributed by atoms with E-state index in [0.717, 1.165) is 11.1 Å². The van der Waals surface area contributed by atoms with Crippen molar-refractivity contribution >= 4 is 11.9 Å². The normalized spacial score (nSPS) is 8.82. The highest BCUT2D eigenvalue weighted by molar-refractivity contribution is 5.75. The Kier molecular flexibility index (Phi) is 2.61. The molecule has 0 radical (unpaired) electrons. The largest absolute Gasteiger partial charge is 0.326 e. The molecule has 0 aliphatic heterocycles. The molecule has 1 rings (SSSR count). The summed E-state index contributed by atoms with van der Waals surface area (Å²) in [5.41, 5.74) is 7.49. The standard InChI is InChI=1S/C9H10N2/c10-5-4-8-2-1-3-9(6-8)7-11/h1-4,6,10H,7,11H2. The summed E-state index contributed by atoms with van der Waals surface area (Å²) in [5, 5.41) is 6.73. The molecule has 0 atom stereocenters. The van der Waals surface area contributed by atoms with Crippen LogP contribution in [0.15, 0.2) is 24.3 Å². The second kappa shape index (κ2) is 3.71. The second-order valence-electron chi connectivity index (χ2n) is 2.24. The van der Waals surface area contributed by atoms with Gasteiger partial charge in [-0.3, -0.25) is 5.41 Å². The summed E-state index contributed by atoms with van der Waals surface area (Å²) < 4.78 is 0. The Morgan fingerprint density at radius 2 is 2.36 bits per heavy atom. The maximum atomic E-state index is 6.73. The number of nitrogens with one attached hydrogen (secondary N) is 1. The maximum absolute atomic E-state index is 6.73. The quantitative estimate of drug-likeness (QED) is 0.609. The minimum Gasteiger partial charge on any atom is -0.326 e. The molecule has 0 saturated heterocycles. The molecule has 0 fully saturated rings.